The summed E-state index contributed by atoms with van der Waals surface area (Å²) >= 11 is 4.58. The Balaban J connectivity index is 1.54. The largest absolute Gasteiger partial charge is 0.325 e. The Morgan fingerprint density at radius 2 is 1.89 bits per heavy atom. The van der Waals surface area contributed by atoms with Gasteiger partial charge in [-0.25, -0.2) is 0 Å². The van der Waals surface area contributed by atoms with Crippen molar-refractivity contribution < 1.29 is 9.59 Å². The maximum Gasteiger partial charge on any atom is 0.286 e. The minimum atomic E-state index is -0.304. The first-order valence-corrected chi connectivity index (χ1v) is 9.87. The Kier molecular flexibility index (Phi) is 6.31. The lowest BCUT2D eigenvalue weighted by molar-refractivity contribution is -0.116. The van der Waals surface area contributed by atoms with Gasteiger partial charge in [0.2, 0.25) is 10.9 Å². The van der Waals surface area contributed by atoms with Crippen LogP contribution in [-0.2, 0) is 11.2 Å². The molecule has 1 aromatic heterocycles. The average Bonchev–Trinajstić information content (AvgIpc) is 3.11. The molecule has 0 radical (unpaired) electrons. The van der Waals surface area contributed by atoms with Crippen LogP contribution < -0.4 is 10.6 Å². The summed E-state index contributed by atoms with van der Waals surface area (Å²) in [5.74, 6) is -0.426. The van der Waals surface area contributed by atoms with Crippen molar-refractivity contribution in [2.75, 3.05) is 10.6 Å². The van der Waals surface area contributed by atoms with Crippen molar-refractivity contribution >= 4 is 50.5 Å². The predicted molar refractivity (Wildman–Crippen MR) is 110 cm³/mol. The van der Waals surface area contributed by atoms with Gasteiger partial charge < -0.3 is 10.6 Å². The van der Waals surface area contributed by atoms with Gasteiger partial charge in [0.1, 0.15) is 5.01 Å². The molecule has 3 rings (SSSR count). The van der Waals surface area contributed by atoms with Crippen LogP contribution in [0.15, 0.2) is 53.0 Å². The number of nitrogens with zero attached hydrogens (tertiary/aromatic N) is 2. The van der Waals surface area contributed by atoms with E-state index in [9.17, 15) is 9.59 Å². The lowest BCUT2D eigenvalue weighted by Crippen LogP contribution is -2.12. The molecule has 138 valence electrons. The lowest BCUT2D eigenvalue weighted by atomic mass is 10.2. The zero-order valence-corrected chi connectivity index (χ0v) is 16.9. The predicted octanol–water partition coefficient (Wildman–Crippen LogP) is 4.43. The first-order valence-electron chi connectivity index (χ1n) is 8.26. The fourth-order valence-corrected chi connectivity index (χ4v) is 3.47. The second-order valence-electron chi connectivity index (χ2n) is 5.85. The van der Waals surface area contributed by atoms with E-state index in [-0.39, 0.29) is 23.2 Å². The van der Waals surface area contributed by atoms with Gasteiger partial charge in [-0.2, -0.15) is 0 Å². The number of hydrogen-bond acceptors (Lipinski definition) is 5. The highest BCUT2D eigenvalue weighted by atomic mass is 79.9. The molecule has 0 saturated carbocycles. The highest BCUT2D eigenvalue weighted by Gasteiger charge is 2.14. The third-order valence-electron chi connectivity index (χ3n) is 3.65. The molecule has 27 heavy (non-hydrogen) atoms. The molecule has 0 spiro atoms. The molecule has 0 aliphatic heterocycles. The van der Waals surface area contributed by atoms with Crippen molar-refractivity contribution in [2.24, 2.45) is 0 Å². The first kappa shape index (κ1) is 19.2. The van der Waals surface area contributed by atoms with E-state index in [1.165, 1.54) is 11.3 Å². The summed E-state index contributed by atoms with van der Waals surface area (Å²) in [5.41, 5.74) is 2.49. The summed E-state index contributed by atoms with van der Waals surface area (Å²) in [6.07, 6.45) is 0.682. The average molecular weight is 445 g/mol. The van der Waals surface area contributed by atoms with Crippen LogP contribution >= 0.6 is 27.3 Å². The number of nitrogens with one attached hydrogen (secondary N) is 2. The van der Waals surface area contributed by atoms with E-state index >= 15 is 0 Å². The molecule has 0 fully saturated rings. The summed E-state index contributed by atoms with van der Waals surface area (Å²) in [4.78, 5) is 24.4. The van der Waals surface area contributed by atoms with Crippen LogP contribution in [0.2, 0.25) is 0 Å². The number of aryl methyl sites for hydroxylation is 2. The third kappa shape index (κ3) is 5.45. The van der Waals surface area contributed by atoms with Gasteiger partial charge in [0.15, 0.2) is 0 Å². The molecular formula is C19H17BrN4O2S. The highest BCUT2D eigenvalue weighted by Crippen LogP contribution is 2.21. The molecule has 0 unspecified atom stereocenters. The number of para-hydroxylation sites is 1. The van der Waals surface area contributed by atoms with Crippen LogP contribution in [0, 0.1) is 6.92 Å². The molecule has 2 amide bonds. The summed E-state index contributed by atoms with van der Waals surface area (Å²) in [5, 5.41) is 14.5. The minimum Gasteiger partial charge on any atom is -0.325 e. The second kappa shape index (κ2) is 8.88. The Morgan fingerprint density at radius 1 is 1.07 bits per heavy atom. The Morgan fingerprint density at radius 3 is 2.67 bits per heavy atom. The van der Waals surface area contributed by atoms with E-state index in [0.717, 1.165) is 15.7 Å². The van der Waals surface area contributed by atoms with Crippen LogP contribution in [0.25, 0.3) is 0 Å². The van der Waals surface area contributed by atoms with Gasteiger partial charge in [-0.15, -0.1) is 10.2 Å². The second-order valence-corrected chi connectivity index (χ2v) is 7.77. The van der Waals surface area contributed by atoms with E-state index in [1.807, 2.05) is 55.5 Å². The quantitative estimate of drug-likeness (QED) is 0.588. The minimum absolute atomic E-state index is 0.122. The maximum absolute atomic E-state index is 12.3. The normalized spacial score (nSPS) is 10.4. The van der Waals surface area contributed by atoms with Crippen molar-refractivity contribution in [3.8, 4) is 0 Å². The SMILES string of the molecule is Cc1cccc(NC(=O)c2nnc(CCC(=O)Nc3ccccc3Br)s2)c1. The topological polar surface area (TPSA) is 84.0 Å². The molecule has 8 heteroatoms. The van der Waals surface area contributed by atoms with Gasteiger partial charge in [0, 0.05) is 23.0 Å². The van der Waals surface area contributed by atoms with Crippen LogP contribution in [0.4, 0.5) is 11.4 Å². The number of rotatable bonds is 6. The molecule has 1 heterocycles. The van der Waals surface area contributed by atoms with E-state index < -0.39 is 0 Å². The summed E-state index contributed by atoms with van der Waals surface area (Å²) in [6.45, 7) is 1.96. The number of carbonyl (C=O) groups is 2. The molecule has 0 atom stereocenters. The monoisotopic (exact) mass is 444 g/mol. The number of halogens is 1. The third-order valence-corrected chi connectivity index (χ3v) is 5.32. The van der Waals surface area contributed by atoms with Gasteiger partial charge in [-0.3, -0.25) is 9.59 Å². The molecular weight excluding hydrogens is 428 g/mol. The van der Waals surface area contributed by atoms with Gasteiger partial charge in [0.05, 0.1) is 5.69 Å². The number of amides is 2. The smallest absolute Gasteiger partial charge is 0.286 e. The van der Waals surface area contributed by atoms with Crippen molar-refractivity contribution in [1.82, 2.24) is 10.2 Å². The molecule has 2 aromatic carbocycles. The van der Waals surface area contributed by atoms with Gasteiger partial charge in [0.25, 0.3) is 5.91 Å². The summed E-state index contributed by atoms with van der Waals surface area (Å²) in [6, 6.07) is 14.9. The van der Waals surface area contributed by atoms with Crippen LogP contribution in [0.1, 0.15) is 26.8 Å². The zero-order chi connectivity index (χ0) is 19.2. The number of anilines is 2. The molecule has 6 nitrogen and oxygen atoms in total. The van der Waals surface area contributed by atoms with Crippen LogP contribution in [-0.4, -0.2) is 22.0 Å². The lowest BCUT2D eigenvalue weighted by Gasteiger charge is -2.06. The molecule has 0 aliphatic carbocycles. The molecule has 3 aromatic rings. The summed E-state index contributed by atoms with van der Waals surface area (Å²) in [7, 11) is 0. The van der Waals surface area contributed by atoms with Crippen LogP contribution in [0.5, 0.6) is 0 Å². The van der Waals surface area contributed by atoms with Crippen molar-refractivity contribution in [3.63, 3.8) is 0 Å². The summed E-state index contributed by atoms with van der Waals surface area (Å²) < 4.78 is 0.823. The van der Waals surface area contributed by atoms with E-state index in [0.29, 0.717) is 17.1 Å². The Bertz CT molecular complexity index is 974. The molecule has 0 saturated heterocycles. The van der Waals surface area contributed by atoms with Gasteiger partial charge in [-0.1, -0.05) is 35.6 Å². The number of carbonyl (C=O) groups excluding carboxylic acids is 2. The Labute approximate surface area is 169 Å². The van der Waals surface area contributed by atoms with E-state index in [1.54, 1.807) is 0 Å². The van der Waals surface area contributed by atoms with Gasteiger partial charge in [-0.05, 0) is 52.7 Å². The van der Waals surface area contributed by atoms with E-state index in [4.69, 9.17) is 0 Å². The van der Waals surface area contributed by atoms with Crippen LogP contribution in [0.3, 0.4) is 0 Å². The highest BCUT2D eigenvalue weighted by molar-refractivity contribution is 9.10. The number of aromatic nitrogens is 2. The van der Waals surface area contributed by atoms with Gasteiger partial charge >= 0.3 is 0 Å². The fraction of sp³-hybridized carbons (Fsp3) is 0.158. The first-order chi connectivity index (χ1) is 13.0. The van der Waals surface area contributed by atoms with E-state index in [2.05, 4.69) is 36.8 Å². The maximum atomic E-state index is 12.3. The molecule has 0 bridgehead atoms. The Hall–Kier alpha value is -2.58. The fourth-order valence-electron chi connectivity index (χ4n) is 2.35. The van der Waals surface area contributed by atoms with Crippen molar-refractivity contribution in [2.45, 2.75) is 19.8 Å². The number of benzene rings is 2. The zero-order valence-electron chi connectivity index (χ0n) is 14.5. The van der Waals surface area contributed by atoms with Crippen molar-refractivity contribution in [1.29, 1.82) is 0 Å². The number of hydrogen-bond donors (Lipinski definition) is 2. The standard InChI is InChI=1S/C19H17BrN4O2S/c1-12-5-4-6-13(11-12)21-18(26)19-24-23-17(27-19)10-9-16(25)22-15-8-3-2-7-14(15)20/h2-8,11H,9-10H2,1H3,(H,21,26)(H,22,25). The molecule has 2 N–H and O–H groups in total. The molecule has 0 aliphatic rings. The van der Waals surface area contributed by atoms with Crippen molar-refractivity contribution in [3.05, 3.63) is 68.6 Å².